The van der Waals surface area contributed by atoms with E-state index < -0.39 is 15.9 Å². The summed E-state index contributed by atoms with van der Waals surface area (Å²) >= 11 is 12.2. The highest BCUT2D eigenvalue weighted by atomic mass is 35.5. The first-order valence-electron chi connectivity index (χ1n) is 8.26. The number of sulfonamides is 1. The number of carbonyl (C=O) groups is 1. The monoisotopic (exact) mass is 428 g/mol. The fourth-order valence-electron chi connectivity index (χ4n) is 2.88. The molecule has 0 bridgehead atoms. The molecule has 1 fully saturated rings. The molecule has 0 radical (unpaired) electrons. The third-order valence-corrected chi connectivity index (χ3v) is 6.65. The van der Waals surface area contributed by atoms with E-state index in [1.165, 1.54) is 29.6 Å². The SMILES string of the molecule is COc1ccc(Cl)cc1NC(=O)c1ccc(Cl)c(N2CCCCS2(=O)=O)c1. The van der Waals surface area contributed by atoms with Gasteiger partial charge in [0.1, 0.15) is 5.75 Å². The molecule has 1 amide bonds. The van der Waals surface area contributed by atoms with Gasteiger partial charge in [0.05, 0.1) is 29.3 Å². The molecule has 27 heavy (non-hydrogen) atoms. The number of ether oxygens (including phenoxy) is 1. The second-order valence-corrected chi connectivity index (χ2v) is 8.92. The Morgan fingerprint density at radius 1 is 1.15 bits per heavy atom. The van der Waals surface area contributed by atoms with Crippen molar-refractivity contribution in [2.24, 2.45) is 0 Å². The Kier molecular flexibility index (Phi) is 5.83. The molecule has 0 unspecified atom stereocenters. The molecule has 1 saturated heterocycles. The van der Waals surface area contributed by atoms with Gasteiger partial charge in [0.2, 0.25) is 10.0 Å². The van der Waals surface area contributed by atoms with Gasteiger partial charge in [-0.1, -0.05) is 23.2 Å². The standard InChI is InChI=1S/C18H18Cl2N2O4S/c1-26-17-7-5-13(19)11-15(17)21-18(23)12-4-6-14(20)16(10-12)22-8-2-3-9-27(22,24)25/h4-7,10-11H,2-3,8-9H2,1H3,(H,21,23). The summed E-state index contributed by atoms with van der Waals surface area (Å²) in [7, 11) is -1.95. The van der Waals surface area contributed by atoms with Gasteiger partial charge in [0, 0.05) is 17.1 Å². The molecule has 1 heterocycles. The molecule has 9 heteroatoms. The number of amides is 1. The van der Waals surface area contributed by atoms with Crippen LogP contribution in [0.15, 0.2) is 36.4 Å². The minimum Gasteiger partial charge on any atom is -0.495 e. The molecule has 0 atom stereocenters. The fraction of sp³-hybridized carbons (Fsp3) is 0.278. The molecule has 0 aliphatic carbocycles. The van der Waals surface area contributed by atoms with Crippen LogP contribution < -0.4 is 14.4 Å². The predicted molar refractivity (Wildman–Crippen MR) is 108 cm³/mol. The Labute approximate surface area is 168 Å². The average Bonchev–Trinajstić information content (AvgIpc) is 2.62. The minimum atomic E-state index is -3.44. The highest BCUT2D eigenvalue weighted by Gasteiger charge is 2.28. The number of benzene rings is 2. The van der Waals surface area contributed by atoms with E-state index in [2.05, 4.69) is 5.32 Å². The van der Waals surface area contributed by atoms with Gasteiger partial charge in [-0.05, 0) is 49.2 Å². The Morgan fingerprint density at radius 2 is 1.93 bits per heavy atom. The smallest absolute Gasteiger partial charge is 0.255 e. The summed E-state index contributed by atoms with van der Waals surface area (Å²) in [5, 5.41) is 3.45. The van der Waals surface area contributed by atoms with Crippen LogP contribution in [0.25, 0.3) is 0 Å². The topological polar surface area (TPSA) is 75.7 Å². The van der Waals surface area contributed by atoms with Crippen molar-refractivity contribution in [3.05, 3.63) is 52.0 Å². The number of halogens is 2. The highest BCUT2D eigenvalue weighted by molar-refractivity contribution is 7.92. The fourth-order valence-corrected chi connectivity index (χ4v) is 4.97. The summed E-state index contributed by atoms with van der Waals surface area (Å²) in [4.78, 5) is 12.7. The van der Waals surface area contributed by atoms with E-state index >= 15 is 0 Å². The van der Waals surface area contributed by atoms with Gasteiger partial charge in [-0.25, -0.2) is 8.42 Å². The maximum atomic E-state index is 12.7. The Hall–Kier alpha value is -1.96. The minimum absolute atomic E-state index is 0.0689. The van der Waals surface area contributed by atoms with Gasteiger partial charge < -0.3 is 10.1 Å². The Bertz CT molecular complexity index is 979. The normalized spacial score (nSPS) is 16.0. The van der Waals surface area contributed by atoms with Gasteiger partial charge in [-0.2, -0.15) is 0 Å². The van der Waals surface area contributed by atoms with Crippen molar-refractivity contribution < 1.29 is 17.9 Å². The molecular weight excluding hydrogens is 411 g/mol. The van der Waals surface area contributed by atoms with E-state index in [0.717, 1.165) is 6.42 Å². The molecule has 0 aromatic heterocycles. The van der Waals surface area contributed by atoms with Crippen LogP contribution in [-0.2, 0) is 10.0 Å². The summed E-state index contributed by atoms with van der Waals surface area (Å²) in [6.07, 6.45) is 1.36. The van der Waals surface area contributed by atoms with Crippen LogP contribution in [-0.4, -0.2) is 33.7 Å². The molecule has 6 nitrogen and oxygen atoms in total. The van der Waals surface area contributed by atoms with Crippen LogP contribution in [0.4, 0.5) is 11.4 Å². The lowest BCUT2D eigenvalue weighted by molar-refractivity contribution is 0.102. The van der Waals surface area contributed by atoms with Crippen molar-refractivity contribution in [1.29, 1.82) is 0 Å². The summed E-state index contributed by atoms with van der Waals surface area (Å²) in [5.74, 6) is 0.0999. The lowest BCUT2D eigenvalue weighted by Gasteiger charge is -2.29. The molecule has 3 rings (SSSR count). The van der Waals surface area contributed by atoms with Crippen molar-refractivity contribution in [2.45, 2.75) is 12.8 Å². The quantitative estimate of drug-likeness (QED) is 0.791. The number of nitrogens with one attached hydrogen (secondary N) is 1. The van der Waals surface area contributed by atoms with Crippen molar-refractivity contribution in [2.75, 3.05) is 29.0 Å². The second kappa shape index (κ2) is 7.96. The summed E-state index contributed by atoms with van der Waals surface area (Å²) < 4.78 is 31.2. The number of anilines is 2. The maximum absolute atomic E-state index is 12.7. The number of carbonyl (C=O) groups excluding carboxylic acids is 1. The first-order chi connectivity index (χ1) is 12.8. The van der Waals surface area contributed by atoms with E-state index in [4.69, 9.17) is 27.9 Å². The van der Waals surface area contributed by atoms with E-state index in [1.807, 2.05) is 0 Å². The van der Waals surface area contributed by atoms with Gasteiger partial charge in [-0.15, -0.1) is 0 Å². The predicted octanol–water partition coefficient (Wildman–Crippen LogP) is 4.18. The van der Waals surface area contributed by atoms with Crippen LogP contribution in [0.2, 0.25) is 10.0 Å². The second-order valence-electron chi connectivity index (χ2n) is 6.06. The number of rotatable bonds is 4. The van der Waals surface area contributed by atoms with Crippen LogP contribution in [0.5, 0.6) is 5.75 Å². The zero-order valence-corrected chi connectivity index (χ0v) is 16.9. The third kappa shape index (κ3) is 4.31. The molecule has 1 aliphatic heterocycles. The molecule has 2 aromatic carbocycles. The maximum Gasteiger partial charge on any atom is 0.255 e. The Morgan fingerprint density at radius 3 is 2.63 bits per heavy atom. The van der Waals surface area contributed by atoms with Crippen molar-refractivity contribution in [3.8, 4) is 5.75 Å². The first-order valence-corrected chi connectivity index (χ1v) is 10.6. The molecular formula is C18H18Cl2N2O4S. The average molecular weight is 429 g/mol. The van der Waals surface area contributed by atoms with E-state index in [0.29, 0.717) is 35.1 Å². The lowest BCUT2D eigenvalue weighted by Crippen LogP contribution is -2.38. The summed E-state index contributed by atoms with van der Waals surface area (Å²) in [6.45, 7) is 0.343. The number of nitrogens with zero attached hydrogens (tertiary/aromatic N) is 1. The van der Waals surface area contributed by atoms with Gasteiger partial charge in [-0.3, -0.25) is 9.10 Å². The summed E-state index contributed by atoms with van der Waals surface area (Å²) in [6, 6.07) is 9.41. The van der Waals surface area contributed by atoms with Crippen LogP contribution in [0.3, 0.4) is 0 Å². The van der Waals surface area contributed by atoms with Crippen LogP contribution >= 0.6 is 23.2 Å². The van der Waals surface area contributed by atoms with Crippen molar-refractivity contribution >= 4 is 50.5 Å². The molecule has 2 aromatic rings. The zero-order valence-electron chi connectivity index (χ0n) is 14.5. The molecule has 1 N–H and O–H groups in total. The molecule has 0 spiro atoms. The van der Waals surface area contributed by atoms with Gasteiger partial charge >= 0.3 is 0 Å². The van der Waals surface area contributed by atoms with Crippen LogP contribution in [0, 0.1) is 0 Å². The summed E-state index contributed by atoms with van der Waals surface area (Å²) in [5.41, 5.74) is 0.997. The number of hydrogen-bond donors (Lipinski definition) is 1. The first kappa shape index (κ1) is 19.8. The molecule has 144 valence electrons. The molecule has 1 aliphatic rings. The largest absolute Gasteiger partial charge is 0.495 e. The molecule has 0 saturated carbocycles. The Balaban J connectivity index is 1.92. The van der Waals surface area contributed by atoms with Crippen LogP contribution in [0.1, 0.15) is 23.2 Å². The third-order valence-electron chi connectivity index (χ3n) is 4.24. The highest BCUT2D eigenvalue weighted by Crippen LogP contribution is 2.33. The van der Waals surface area contributed by atoms with Gasteiger partial charge in [0.15, 0.2) is 0 Å². The van der Waals surface area contributed by atoms with E-state index in [-0.39, 0.29) is 16.3 Å². The van der Waals surface area contributed by atoms with E-state index in [1.54, 1.807) is 18.2 Å². The van der Waals surface area contributed by atoms with E-state index in [9.17, 15) is 13.2 Å². The van der Waals surface area contributed by atoms with Crippen molar-refractivity contribution in [3.63, 3.8) is 0 Å². The number of hydrogen-bond acceptors (Lipinski definition) is 4. The van der Waals surface area contributed by atoms with Gasteiger partial charge in [0.25, 0.3) is 5.91 Å². The number of methoxy groups -OCH3 is 1. The lowest BCUT2D eigenvalue weighted by atomic mass is 10.1. The zero-order chi connectivity index (χ0) is 19.6. The van der Waals surface area contributed by atoms with Crippen molar-refractivity contribution in [1.82, 2.24) is 0 Å².